The number of nitrogens with one attached hydrogen (secondary N) is 1. The van der Waals surface area contributed by atoms with Crippen LogP contribution in [0.5, 0.6) is 0 Å². The molecule has 0 bridgehead atoms. The SMILES string of the molecule is O=C(NCCN1CCCC1)c1ncn2c1CN(C(=O)C1CC(O)C1)CCC2.O=C(O)C(=O)O. The van der Waals surface area contributed by atoms with Gasteiger partial charge in [-0.1, -0.05) is 0 Å². The van der Waals surface area contributed by atoms with Crippen molar-refractivity contribution >= 4 is 23.8 Å². The summed E-state index contributed by atoms with van der Waals surface area (Å²) in [5, 5.41) is 27.2. The standard InChI is InChI=1S/C19H29N5O3.C2H2O4/c25-15-10-14(11-15)19(27)23-7-3-8-24-13-21-17(16(24)12-23)18(26)20-4-9-22-5-1-2-6-22;3-1(4)2(5)6/h13-15,25H,1-12H2,(H,20,26);(H,3,4)(H,5,6). The van der Waals surface area contributed by atoms with Crippen molar-refractivity contribution in [2.75, 3.05) is 32.7 Å². The first-order valence-corrected chi connectivity index (χ1v) is 11.2. The van der Waals surface area contributed by atoms with Crippen molar-refractivity contribution in [2.24, 2.45) is 5.92 Å². The van der Waals surface area contributed by atoms with E-state index in [0.29, 0.717) is 38.2 Å². The Morgan fingerprint density at radius 2 is 1.67 bits per heavy atom. The van der Waals surface area contributed by atoms with Gasteiger partial charge in [0, 0.05) is 32.1 Å². The Morgan fingerprint density at radius 1 is 1.00 bits per heavy atom. The summed E-state index contributed by atoms with van der Waals surface area (Å²) < 4.78 is 2.00. The summed E-state index contributed by atoms with van der Waals surface area (Å²) >= 11 is 0. The minimum atomic E-state index is -1.82. The predicted molar refractivity (Wildman–Crippen MR) is 114 cm³/mol. The van der Waals surface area contributed by atoms with Gasteiger partial charge in [-0.2, -0.15) is 0 Å². The summed E-state index contributed by atoms with van der Waals surface area (Å²) in [5.41, 5.74) is 1.25. The molecule has 1 aromatic heterocycles. The summed E-state index contributed by atoms with van der Waals surface area (Å²) in [6.45, 7) is 5.58. The van der Waals surface area contributed by atoms with E-state index in [1.807, 2.05) is 9.47 Å². The highest BCUT2D eigenvalue weighted by Crippen LogP contribution is 2.30. The van der Waals surface area contributed by atoms with E-state index < -0.39 is 11.9 Å². The van der Waals surface area contributed by atoms with Crippen LogP contribution in [-0.2, 0) is 27.5 Å². The molecule has 1 aliphatic carbocycles. The van der Waals surface area contributed by atoms with Crippen LogP contribution in [0, 0.1) is 5.92 Å². The molecule has 2 aliphatic heterocycles. The molecule has 1 saturated carbocycles. The highest BCUT2D eigenvalue weighted by Gasteiger charge is 2.37. The van der Waals surface area contributed by atoms with E-state index in [9.17, 15) is 14.7 Å². The van der Waals surface area contributed by atoms with Crippen LogP contribution in [0.4, 0.5) is 0 Å². The second-order valence-corrected chi connectivity index (χ2v) is 8.58. The number of carboxylic acids is 2. The quantitative estimate of drug-likeness (QED) is 0.414. The fourth-order valence-electron chi connectivity index (χ4n) is 4.30. The van der Waals surface area contributed by atoms with Crippen molar-refractivity contribution in [1.82, 2.24) is 24.7 Å². The lowest BCUT2D eigenvalue weighted by Gasteiger charge is -2.34. The Balaban J connectivity index is 0.000000454. The number of nitrogens with zero attached hydrogens (tertiary/aromatic N) is 4. The highest BCUT2D eigenvalue weighted by molar-refractivity contribution is 6.27. The number of aromatic nitrogens is 2. The van der Waals surface area contributed by atoms with Crippen LogP contribution >= 0.6 is 0 Å². The molecule has 12 heteroatoms. The number of carbonyl (C=O) groups excluding carboxylic acids is 2. The van der Waals surface area contributed by atoms with Crippen LogP contribution in [0.25, 0.3) is 0 Å². The molecule has 33 heavy (non-hydrogen) atoms. The van der Waals surface area contributed by atoms with E-state index in [4.69, 9.17) is 19.8 Å². The van der Waals surface area contributed by atoms with Crippen LogP contribution in [0.2, 0.25) is 0 Å². The van der Waals surface area contributed by atoms with Crippen molar-refractivity contribution < 1.29 is 34.5 Å². The summed E-state index contributed by atoms with van der Waals surface area (Å²) in [6, 6.07) is 0. The van der Waals surface area contributed by atoms with Crippen LogP contribution < -0.4 is 5.32 Å². The normalized spacial score (nSPS) is 22.3. The number of carboxylic acid groups (broad SMARTS) is 2. The summed E-state index contributed by atoms with van der Waals surface area (Å²) in [4.78, 5) is 52.1. The Labute approximate surface area is 191 Å². The van der Waals surface area contributed by atoms with Crippen molar-refractivity contribution in [3.63, 3.8) is 0 Å². The maximum absolute atomic E-state index is 12.7. The molecular formula is C21H31N5O7. The molecule has 4 N–H and O–H groups in total. The maximum Gasteiger partial charge on any atom is 0.414 e. The third kappa shape index (κ3) is 6.51. The van der Waals surface area contributed by atoms with Crippen LogP contribution in [0.15, 0.2) is 6.33 Å². The van der Waals surface area contributed by atoms with E-state index in [-0.39, 0.29) is 23.8 Å². The van der Waals surface area contributed by atoms with Gasteiger partial charge in [-0.05, 0) is 45.2 Å². The number of carbonyl (C=O) groups is 4. The zero-order valence-corrected chi connectivity index (χ0v) is 18.5. The molecule has 3 aliphatic rings. The maximum atomic E-state index is 12.7. The number of hydrogen-bond acceptors (Lipinski definition) is 7. The molecular weight excluding hydrogens is 434 g/mol. The zero-order valence-electron chi connectivity index (χ0n) is 18.5. The molecule has 0 aromatic carbocycles. The number of hydrogen-bond donors (Lipinski definition) is 4. The van der Waals surface area contributed by atoms with Crippen LogP contribution in [-0.4, -0.2) is 97.3 Å². The number of imidazole rings is 1. The van der Waals surface area contributed by atoms with Crippen LogP contribution in [0.3, 0.4) is 0 Å². The van der Waals surface area contributed by atoms with Gasteiger partial charge in [0.25, 0.3) is 5.91 Å². The molecule has 0 spiro atoms. The molecule has 0 atom stereocenters. The fourth-order valence-corrected chi connectivity index (χ4v) is 4.30. The summed E-state index contributed by atoms with van der Waals surface area (Å²) in [6.07, 6.45) is 5.81. The van der Waals surface area contributed by atoms with Gasteiger partial charge >= 0.3 is 11.9 Å². The molecule has 2 fully saturated rings. The van der Waals surface area contributed by atoms with Crippen molar-refractivity contribution in [3.05, 3.63) is 17.7 Å². The van der Waals surface area contributed by atoms with E-state index in [1.54, 1.807) is 6.33 Å². The molecule has 12 nitrogen and oxygen atoms in total. The third-order valence-electron chi connectivity index (χ3n) is 6.20. The first-order valence-electron chi connectivity index (χ1n) is 11.2. The number of rotatable bonds is 5. The van der Waals surface area contributed by atoms with Crippen molar-refractivity contribution in [2.45, 2.75) is 51.3 Å². The summed E-state index contributed by atoms with van der Waals surface area (Å²) in [5.74, 6) is -3.79. The number of fused-ring (bicyclic) bond motifs is 1. The van der Waals surface area contributed by atoms with Gasteiger partial charge < -0.3 is 35.0 Å². The van der Waals surface area contributed by atoms with Gasteiger partial charge in [0.1, 0.15) is 0 Å². The number of aliphatic carboxylic acids is 2. The summed E-state index contributed by atoms with van der Waals surface area (Å²) in [7, 11) is 0. The zero-order chi connectivity index (χ0) is 24.0. The number of aliphatic hydroxyl groups is 1. The van der Waals surface area contributed by atoms with E-state index in [1.165, 1.54) is 12.8 Å². The van der Waals surface area contributed by atoms with Crippen LogP contribution in [0.1, 0.15) is 48.3 Å². The van der Waals surface area contributed by atoms with Gasteiger partial charge in [-0.3, -0.25) is 9.59 Å². The topological polar surface area (TPSA) is 165 Å². The first-order chi connectivity index (χ1) is 15.8. The van der Waals surface area contributed by atoms with Gasteiger partial charge in [-0.15, -0.1) is 0 Å². The Bertz CT molecular complexity index is 862. The average molecular weight is 466 g/mol. The van der Waals surface area contributed by atoms with Gasteiger partial charge in [0.15, 0.2) is 5.69 Å². The molecule has 182 valence electrons. The molecule has 1 aromatic rings. The minimum Gasteiger partial charge on any atom is -0.473 e. The molecule has 3 heterocycles. The lowest BCUT2D eigenvalue weighted by atomic mass is 9.81. The van der Waals surface area contributed by atoms with E-state index >= 15 is 0 Å². The molecule has 0 radical (unpaired) electrons. The monoisotopic (exact) mass is 465 g/mol. The predicted octanol–water partition coefficient (Wildman–Crippen LogP) is -0.632. The molecule has 0 unspecified atom stereocenters. The molecule has 2 amide bonds. The van der Waals surface area contributed by atoms with E-state index in [0.717, 1.165) is 38.3 Å². The lowest BCUT2D eigenvalue weighted by molar-refractivity contribution is -0.159. The van der Waals surface area contributed by atoms with Crippen molar-refractivity contribution in [1.29, 1.82) is 0 Å². The van der Waals surface area contributed by atoms with Gasteiger partial charge in [0.2, 0.25) is 5.91 Å². The second-order valence-electron chi connectivity index (χ2n) is 8.58. The largest absolute Gasteiger partial charge is 0.473 e. The van der Waals surface area contributed by atoms with Crippen molar-refractivity contribution in [3.8, 4) is 0 Å². The molecule has 1 saturated heterocycles. The first kappa shape index (κ1) is 24.6. The fraction of sp³-hybridized carbons (Fsp3) is 0.667. The van der Waals surface area contributed by atoms with E-state index in [2.05, 4.69) is 15.2 Å². The van der Waals surface area contributed by atoms with Gasteiger partial charge in [0.05, 0.1) is 24.7 Å². The average Bonchev–Trinajstić information content (AvgIpc) is 3.36. The Kier molecular flexibility index (Phi) is 8.39. The minimum absolute atomic E-state index is 0.0767. The smallest absolute Gasteiger partial charge is 0.414 e. The molecule has 4 rings (SSSR count). The Morgan fingerprint density at radius 3 is 2.27 bits per heavy atom. The lowest BCUT2D eigenvalue weighted by Crippen LogP contribution is -2.43. The number of aliphatic hydroxyl groups excluding tert-OH is 1. The second kappa shape index (κ2) is 11.2. The Hall–Kier alpha value is -2.99. The highest BCUT2D eigenvalue weighted by atomic mass is 16.4. The third-order valence-corrected chi connectivity index (χ3v) is 6.20. The number of aryl methyl sites for hydroxylation is 1. The number of amides is 2. The van der Waals surface area contributed by atoms with Gasteiger partial charge in [-0.25, -0.2) is 14.6 Å². The number of likely N-dealkylation sites (tertiary alicyclic amines) is 1.